The molecule has 9 rings (SSSR count). The van der Waals surface area contributed by atoms with Crippen LogP contribution in [0.5, 0.6) is 0 Å². The number of para-hydroxylation sites is 1. The van der Waals surface area contributed by atoms with Crippen LogP contribution in [-0.4, -0.2) is 4.98 Å². The van der Waals surface area contributed by atoms with E-state index in [4.69, 9.17) is 0 Å². The Kier molecular flexibility index (Phi) is 4.55. The highest BCUT2D eigenvalue weighted by atomic mass is 32.1. The summed E-state index contributed by atoms with van der Waals surface area (Å²) in [6.07, 6.45) is 0. The van der Waals surface area contributed by atoms with Crippen LogP contribution in [0.25, 0.3) is 85.8 Å². The maximum absolute atomic E-state index is 3.74. The molecule has 0 radical (unpaired) electrons. The van der Waals surface area contributed by atoms with E-state index in [1.807, 2.05) is 11.3 Å². The number of hydrogen-bond acceptors (Lipinski definition) is 1. The fraction of sp³-hybridized carbons (Fsp3) is 0. The van der Waals surface area contributed by atoms with Crippen LogP contribution < -0.4 is 0 Å². The number of H-pyrrole nitrogens is 1. The third kappa shape index (κ3) is 3.03. The molecule has 0 unspecified atom stereocenters. The summed E-state index contributed by atoms with van der Waals surface area (Å²) in [7, 11) is 0. The molecule has 0 aliphatic carbocycles. The van der Waals surface area contributed by atoms with Gasteiger partial charge in [0.2, 0.25) is 0 Å². The number of hydrogen-bond donors (Lipinski definition) is 1. The van der Waals surface area contributed by atoms with E-state index in [2.05, 4.69) is 138 Å². The van der Waals surface area contributed by atoms with E-state index in [0.717, 1.165) is 0 Å². The zero-order chi connectivity index (χ0) is 26.2. The standard InChI is InChI=1S/C38H23NS/c1-2-10-23(11-3-1)24-18-20-25(21-19-24)31-22-33-34(30-16-8-9-17-32(30)39-33)38-36(31)35-28-14-6-4-12-26(28)27-13-5-7-15-29(27)37(35)40-38/h1-22,39H. The summed E-state index contributed by atoms with van der Waals surface area (Å²) in [5, 5.41) is 10.6. The van der Waals surface area contributed by atoms with Crippen molar-refractivity contribution in [2.24, 2.45) is 0 Å². The van der Waals surface area contributed by atoms with Crippen LogP contribution in [0.1, 0.15) is 0 Å². The number of nitrogens with one attached hydrogen (secondary N) is 1. The first-order valence-corrected chi connectivity index (χ1v) is 14.5. The third-order valence-electron chi connectivity index (χ3n) is 8.39. The van der Waals surface area contributed by atoms with Gasteiger partial charge in [-0.1, -0.05) is 121 Å². The summed E-state index contributed by atoms with van der Waals surface area (Å²) in [4.78, 5) is 3.74. The lowest BCUT2D eigenvalue weighted by Gasteiger charge is -2.11. The Balaban J connectivity index is 1.48. The molecule has 0 saturated heterocycles. The second kappa shape index (κ2) is 8.29. The normalized spacial score (nSPS) is 12.0. The van der Waals surface area contributed by atoms with Gasteiger partial charge in [0.05, 0.1) is 0 Å². The van der Waals surface area contributed by atoms with Crippen molar-refractivity contribution >= 4 is 74.9 Å². The fourth-order valence-corrected chi connectivity index (χ4v) is 8.04. The zero-order valence-electron chi connectivity index (χ0n) is 21.6. The lowest BCUT2D eigenvalue weighted by Crippen LogP contribution is -1.84. The van der Waals surface area contributed by atoms with Gasteiger partial charge in [0.15, 0.2) is 0 Å². The Morgan fingerprint density at radius 2 is 0.950 bits per heavy atom. The zero-order valence-corrected chi connectivity index (χ0v) is 22.4. The molecule has 0 spiro atoms. The van der Waals surface area contributed by atoms with Gasteiger partial charge in [-0.2, -0.15) is 0 Å². The van der Waals surface area contributed by atoms with Gasteiger partial charge in [-0.25, -0.2) is 0 Å². The molecule has 0 fully saturated rings. The van der Waals surface area contributed by atoms with Crippen molar-refractivity contribution in [1.82, 2.24) is 4.98 Å². The summed E-state index contributed by atoms with van der Waals surface area (Å²) < 4.78 is 2.72. The van der Waals surface area contributed by atoms with Crippen molar-refractivity contribution in [1.29, 1.82) is 0 Å². The highest BCUT2D eigenvalue weighted by Gasteiger charge is 2.21. The van der Waals surface area contributed by atoms with Crippen molar-refractivity contribution < 1.29 is 0 Å². The van der Waals surface area contributed by atoms with Crippen molar-refractivity contribution in [2.45, 2.75) is 0 Å². The first-order chi connectivity index (χ1) is 19.8. The second-order valence-electron chi connectivity index (χ2n) is 10.6. The minimum absolute atomic E-state index is 1.18. The number of aromatic nitrogens is 1. The molecule has 0 atom stereocenters. The van der Waals surface area contributed by atoms with E-state index in [0.29, 0.717) is 0 Å². The molecular weight excluding hydrogens is 502 g/mol. The first-order valence-electron chi connectivity index (χ1n) is 13.7. The lowest BCUT2D eigenvalue weighted by atomic mass is 9.92. The molecule has 186 valence electrons. The summed E-state index contributed by atoms with van der Waals surface area (Å²) >= 11 is 1.94. The van der Waals surface area contributed by atoms with Crippen LogP contribution in [0, 0.1) is 0 Å². The molecule has 2 heterocycles. The van der Waals surface area contributed by atoms with E-state index in [1.165, 1.54) is 85.8 Å². The predicted octanol–water partition coefficient (Wildman–Crippen LogP) is 11.3. The molecule has 0 aliphatic heterocycles. The minimum Gasteiger partial charge on any atom is -0.354 e. The van der Waals surface area contributed by atoms with Crippen LogP contribution >= 0.6 is 11.3 Å². The number of fused-ring (bicyclic) bond motifs is 12. The Bertz CT molecular complexity index is 2410. The predicted molar refractivity (Wildman–Crippen MR) is 175 cm³/mol. The lowest BCUT2D eigenvalue weighted by molar-refractivity contribution is 1.55. The highest BCUT2D eigenvalue weighted by molar-refractivity contribution is 7.28. The summed E-state index contributed by atoms with van der Waals surface area (Å²) in [5.41, 5.74) is 7.36. The molecule has 0 bridgehead atoms. The van der Waals surface area contributed by atoms with Crippen molar-refractivity contribution in [3.05, 3.63) is 133 Å². The first kappa shape index (κ1) is 22.0. The highest BCUT2D eigenvalue weighted by Crippen LogP contribution is 2.50. The Morgan fingerprint density at radius 3 is 1.73 bits per heavy atom. The van der Waals surface area contributed by atoms with E-state index < -0.39 is 0 Å². The van der Waals surface area contributed by atoms with Gasteiger partial charge in [-0.3, -0.25) is 0 Å². The third-order valence-corrected chi connectivity index (χ3v) is 9.63. The molecular formula is C38H23NS. The van der Waals surface area contributed by atoms with Gasteiger partial charge < -0.3 is 4.98 Å². The summed E-state index contributed by atoms with van der Waals surface area (Å²) in [6.45, 7) is 0. The van der Waals surface area contributed by atoms with Crippen LogP contribution in [0.4, 0.5) is 0 Å². The Hall–Kier alpha value is -4.92. The molecule has 0 saturated carbocycles. The van der Waals surface area contributed by atoms with Gasteiger partial charge in [-0.05, 0) is 50.5 Å². The number of aromatic amines is 1. The molecule has 40 heavy (non-hydrogen) atoms. The van der Waals surface area contributed by atoms with Crippen molar-refractivity contribution in [3.8, 4) is 22.3 Å². The van der Waals surface area contributed by atoms with E-state index in [-0.39, 0.29) is 0 Å². The topological polar surface area (TPSA) is 15.8 Å². The largest absolute Gasteiger partial charge is 0.354 e. The molecule has 1 nitrogen and oxygen atoms in total. The fourth-order valence-electron chi connectivity index (χ4n) is 6.60. The minimum atomic E-state index is 1.18. The van der Waals surface area contributed by atoms with Gasteiger partial charge in [-0.15, -0.1) is 11.3 Å². The summed E-state index contributed by atoms with van der Waals surface area (Å²) in [6, 6.07) is 48.6. The second-order valence-corrected chi connectivity index (χ2v) is 11.6. The van der Waals surface area contributed by atoms with E-state index in [1.54, 1.807) is 0 Å². The van der Waals surface area contributed by atoms with Crippen LogP contribution in [-0.2, 0) is 0 Å². The van der Waals surface area contributed by atoms with Gasteiger partial charge in [0, 0.05) is 47.4 Å². The maximum atomic E-state index is 3.74. The van der Waals surface area contributed by atoms with Crippen LogP contribution in [0.3, 0.4) is 0 Å². The number of rotatable bonds is 2. The van der Waals surface area contributed by atoms with Crippen LogP contribution in [0.2, 0.25) is 0 Å². The molecule has 0 amide bonds. The van der Waals surface area contributed by atoms with E-state index in [9.17, 15) is 0 Å². The molecule has 2 aromatic heterocycles. The Morgan fingerprint density at radius 1 is 0.375 bits per heavy atom. The monoisotopic (exact) mass is 525 g/mol. The number of thiophene rings is 1. The molecule has 9 aromatic rings. The van der Waals surface area contributed by atoms with Gasteiger partial charge >= 0.3 is 0 Å². The Labute approximate surface area is 234 Å². The van der Waals surface area contributed by atoms with Gasteiger partial charge in [0.25, 0.3) is 0 Å². The average molecular weight is 526 g/mol. The smallest absolute Gasteiger partial charge is 0.0485 e. The molecule has 7 aromatic carbocycles. The quantitative estimate of drug-likeness (QED) is 0.216. The molecule has 2 heteroatoms. The number of benzene rings is 7. The van der Waals surface area contributed by atoms with Gasteiger partial charge in [0.1, 0.15) is 0 Å². The van der Waals surface area contributed by atoms with E-state index >= 15 is 0 Å². The van der Waals surface area contributed by atoms with Crippen molar-refractivity contribution in [2.75, 3.05) is 0 Å². The maximum Gasteiger partial charge on any atom is 0.0485 e. The van der Waals surface area contributed by atoms with Crippen molar-refractivity contribution in [3.63, 3.8) is 0 Å². The average Bonchev–Trinajstić information content (AvgIpc) is 3.61. The van der Waals surface area contributed by atoms with Crippen LogP contribution in [0.15, 0.2) is 133 Å². The summed E-state index contributed by atoms with van der Waals surface area (Å²) in [5.74, 6) is 0. The molecule has 0 aliphatic rings. The SMILES string of the molecule is c1ccc(-c2ccc(-c3cc4[nH]c5ccccc5c4c4sc5c6ccccc6c6ccccc6c5c34)cc2)cc1. The molecule has 1 N–H and O–H groups in total.